The number of fused-ring (bicyclic) bond motifs is 1. The quantitative estimate of drug-likeness (QED) is 0.481. The molecule has 0 saturated heterocycles. The summed E-state index contributed by atoms with van der Waals surface area (Å²) in [7, 11) is 0. The van der Waals surface area contributed by atoms with Crippen molar-refractivity contribution in [2.24, 2.45) is 10.9 Å². The number of aliphatic imine (C=N–C) groups is 1. The molecule has 0 aromatic heterocycles. The van der Waals surface area contributed by atoms with Crippen molar-refractivity contribution in [3.8, 4) is 0 Å². The number of guanidine groups is 1. The standard InChI is InChI=1S/C21H31N3O/c1-3-8-17(13-14-25)15-23-21(22-4-2)24-16-19-11-7-10-18-9-5-6-12-20(18)19/h5-7,9-12,17,25H,3-4,8,13-16H2,1-2H3,(H2,22,23,24). The van der Waals surface area contributed by atoms with E-state index in [9.17, 15) is 5.11 Å². The monoisotopic (exact) mass is 341 g/mol. The average molecular weight is 341 g/mol. The summed E-state index contributed by atoms with van der Waals surface area (Å²) in [6, 6.07) is 14.8. The minimum Gasteiger partial charge on any atom is -0.396 e. The molecule has 0 amide bonds. The lowest BCUT2D eigenvalue weighted by atomic mass is 10.0. The molecule has 2 aromatic rings. The number of rotatable bonds is 9. The van der Waals surface area contributed by atoms with Crippen LogP contribution in [0, 0.1) is 5.92 Å². The number of nitrogens with one attached hydrogen (secondary N) is 2. The minimum absolute atomic E-state index is 0.246. The zero-order chi connectivity index (χ0) is 17.9. The molecule has 0 aliphatic carbocycles. The lowest BCUT2D eigenvalue weighted by molar-refractivity contribution is 0.251. The highest BCUT2D eigenvalue weighted by Gasteiger charge is 2.08. The van der Waals surface area contributed by atoms with Crippen molar-refractivity contribution in [3.63, 3.8) is 0 Å². The number of benzene rings is 2. The summed E-state index contributed by atoms with van der Waals surface area (Å²) >= 11 is 0. The van der Waals surface area contributed by atoms with E-state index in [1.165, 1.54) is 16.3 Å². The van der Waals surface area contributed by atoms with E-state index in [1.54, 1.807) is 0 Å². The second-order valence-electron chi connectivity index (χ2n) is 6.38. The third-order valence-corrected chi connectivity index (χ3v) is 4.42. The summed E-state index contributed by atoms with van der Waals surface area (Å²) in [5.74, 6) is 1.32. The molecule has 0 spiro atoms. The van der Waals surface area contributed by atoms with Gasteiger partial charge in [0.1, 0.15) is 0 Å². The molecule has 1 unspecified atom stereocenters. The molecule has 136 valence electrons. The zero-order valence-corrected chi connectivity index (χ0v) is 15.5. The van der Waals surface area contributed by atoms with Crippen LogP contribution in [0.4, 0.5) is 0 Å². The third kappa shape index (κ3) is 6.05. The van der Waals surface area contributed by atoms with Gasteiger partial charge in [0.2, 0.25) is 0 Å². The van der Waals surface area contributed by atoms with E-state index in [0.717, 1.165) is 38.3 Å². The Morgan fingerprint density at radius 3 is 2.60 bits per heavy atom. The van der Waals surface area contributed by atoms with Crippen molar-refractivity contribution in [3.05, 3.63) is 48.0 Å². The largest absolute Gasteiger partial charge is 0.396 e. The Morgan fingerprint density at radius 2 is 1.84 bits per heavy atom. The molecule has 0 aliphatic rings. The van der Waals surface area contributed by atoms with Gasteiger partial charge in [-0.2, -0.15) is 0 Å². The van der Waals surface area contributed by atoms with Gasteiger partial charge in [0.25, 0.3) is 0 Å². The normalized spacial score (nSPS) is 13.0. The van der Waals surface area contributed by atoms with Crippen LogP contribution < -0.4 is 10.6 Å². The van der Waals surface area contributed by atoms with Gasteiger partial charge in [0, 0.05) is 19.7 Å². The molecule has 2 aromatic carbocycles. The average Bonchev–Trinajstić information content (AvgIpc) is 2.64. The molecule has 3 N–H and O–H groups in total. The molecular formula is C21H31N3O. The van der Waals surface area contributed by atoms with Crippen LogP contribution in [-0.4, -0.2) is 30.8 Å². The van der Waals surface area contributed by atoms with Crippen molar-refractivity contribution in [2.45, 2.75) is 39.7 Å². The number of nitrogens with zero attached hydrogens (tertiary/aromatic N) is 1. The maximum absolute atomic E-state index is 9.21. The number of hydrogen-bond acceptors (Lipinski definition) is 2. The van der Waals surface area contributed by atoms with Gasteiger partial charge in [-0.05, 0) is 42.0 Å². The molecule has 2 rings (SSSR count). The molecule has 4 nitrogen and oxygen atoms in total. The van der Waals surface area contributed by atoms with Gasteiger partial charge in [-0.3, -0.25) is 0 Å². The van der Waals surface area contributed by atoms with Crippen molar-refractivity contribution >= 4 is 16.7 Å². The number of aliphatic hydroxyl groups excluding tert-OH is 1. The smallest absolute Gasteiger partial charge is 0.191 e. The highest BCUT2D eigenvalue weighted by molar-refractivity contribution is 5.86. The lowest BCUT2D eigenvalue weighted by Crippen LogP contribution is -2.40. The molecule has 0 aliphatic heterocycles. The van der Waals surface area contributed by atoms with Crippen molar-refractivity contribution < 1.29 is 5.11 Å². The number of aliphatic hydroxyl groups is 1. The number of hydrogen-bond donors (Lipinski definition) is 3. The van der Waals surface area contributed by atoms with E-state index in [0.29, 0.717) is 12.5 Å². The molecule has 0 saturated carbocycles. The van der Waals surface area contributed by atoms with Crippen LogP contribution in [-0.2, 0) is 6.54 Å². The first-order valence-corrected chi connectivity index (χ1v) is 9.38. The van der Waals surface area contributed by atoms with Crippen molar-refractivity contribution in [1.29, 1.82) is 0 Å². The molecular weight excluding hydrogens is 310 g/mol. The summed E-state index contributed by atoms with van der Waals surface area (Å²) in [6.07, 6.45) is 3.09. The molecule has 0 heterocycles. The second-order valence-corrected chi connectivity index (χ2v) is 6.38. The van der Waals surface area contributed by atoms with Gasteiger partial charge < -0.3 is 15.7 Å². The van der Waals surface area contributed by atoms with Gasteiger partial charge >= 0.3 is 0 Å². The second kappa shape index (κ2) is 10.7. The topological polar surface area (TPSA) is 56.6 Å². The van der Waals surface area contributed by atoms with Crippen LogP contribution in [0.2, 0.25) is 0 Å². The fraction of sp³-hybridized carbons (Fsp3) is 0.476. The summed E-state index contributed by atoms with van der Waals surface area (Å²) in [5.41, 5.74) is 1.23. The third-order valence-electron chi connectivity index (χ3n) is 4.42. The van der Waals surface area contributed by atoms with Crippen LogP contribution in [0.25, 0.3) is 10.8 Å². The van der Waals surface area contributed by atoms with Crippen LogP contribution >= 0.6 is 0 Å². The minimum atomic E-state index is 0.246. The predicted octanol–water partition coefficient (Wildman–Crippen LogP) is 3.69. The predicted molar refractivity (Wildman–Crippen MR) is 107 cm³/mol. The highest BCUT2D eigenvalue weighted by atomic mass is 16.3. The Labute approximate surface area is 151 Å². The summed E-state index contributed by atoms with van der Waals surface area (Å²) in [4.78, 5) is 4.76. The zero-order valence-electron chi connectivity index (χ0n) is 15.5. The summed E-state index contributed by atoms with van der Waals surface area (Å²) in [6.45, 7) is 6.83. The molecule has 1 atom stereocenters. The molecule has 4 heteroatoms. The Kier molecular flexibility index (Phi) is 8.26. The Hall–Kier alpha value is -2.07. The van der Waals surface area contributed by atoms with E-state index in [1.807, 2.05) is 0 Å². The summed E-state index contributed by atoms with van der Waals surface area (Å²) in [5, 5.41) is 18.5. The fourth-order valence-electron chi connectivity index (χ4n) is 3.12. The first-order valence-electron chi connectivity index (χ1n) is 9.38. The molecule has 0 fully saturated rings. The van der Waals surface area contributed by atoms with Gasteiger partial charge in [-0.1, -0.05) is 55.8 Å². The first kappa shape index (κ1) is 19.3. The highest BCUT2D eigenvalue weighted by Crippen LogP contribution is 2.19. The van der Waals surface area contributed by atoms with Gasteiger partial charge in [0.05, 0.1) is 6.54 Å². The van der Waals surface area contributed by atoms with Crippen LogP contribution in [0.1, 0.15) is 38.7 Å². The maximum Gasteiger partial charge on any atom is 0.191 e. The lowest BCUT2D eigenvalue weighted by Gasteiger charge is -2.18. The Balaban J connectivity index is 2.05. The van der Waals surface area contributed by atoms with E-state index in [-0.39, 0.29) is 6.61 Å². The van der Waals surface area contributed by atoms with Gasteiger partial charge in [-0.15, -0.1) is 0 Å². The van der Waals surface area contributed by atoms with Crippen molar-refractivity contribution in [1.82, 2.24) is 10.6 Å². The molecule has 25 heavy (non-hydrogen) atoms. The summed E-state index contributed by atoms with van der Waals surface area (Å²) < 4.78 is 0. The van der Waals surface area contributed by atoms with E-state index < -0.39 is 0 Å². The maximum atomic E-state index is 9.21. The van der Waals surface area contributed by atoms with Crippen molar-refractivity contribution in [2.75, 3.05) is 19.7 Å². The van der Waals surface area contributed by atoms with E-state index in [4.69, 9.17) is 4.99 Å². The van der Waals surface area contributed by atoms with Gasteiger partial charge in [-0.25, -0.2) is 4.99 Å². The van der Waals surface area contributed by atoms with Gasteiger partial charge in [0.15, 0.2) is 5.96 Å². The molecule has 0 radical (unpaired) electrons. The van der Waals surface area contributed by atoms with Crippen LogP contribution in [0.15, 0.2) is 47.5 Å². The Morgan fingerprint density at radius 1 is 1.04 bits per heavy atom. The molecule has 0 bridgehead atoms. The van der Waals surface area contributed by atoms with Crippen LogP contribution in [0.3, 0.4) is 0 Å². The first-order chi connectivity index (χ1) is 12.3. The SMILES string of the molecule is CCCC(CCO)CNC(=NCc1cccc2ccccc12)NCC. The Bertz CT molecular complexity index is 658. The van der Waals surface area contributed by atoms with E-state index in [2.05, 4.69) is 66.9 Å². The van der Waals surface area contributed by atoms with Crippen LogP contribution in [0.5, 0.6) is 0 Å². The fourth-order valence-corrected chi connectivity index (χ4v) is 3.12. The van der Waals surface area contributed by atoms with E-state index >= 15 is 0 Å².